The van der Waals surface area contributed by atoms with Crippen LogP contribution in [0.1, 0.15) is 12.0 Å². The number of hydrazone groups is 1. The summed E-state index contributed by atoms with van der Waals surface area (Å²) >= 11 is 6.05. The molecular weight excluding hydrogens is 358 g/mol. The molecule has 26 heavy (non-hydrogen) atoms. The fourth-order valence-electron chi connectivity index (χ4n) is 4.92. The third-order valence-electron chi connectivity index (χ3n) is 6.14. The molecule has 2 saturated carbocycles. The number of hydrogen-bond acceptors (Lipinski definition) is 5. The van der Waals surface area contributed by atoms with Gasteiger partial charge in [-0.15, -0.1) is 0 Å². The van der Waals surface area contributed by atoms with Crippen molar-refractivity contribution in [3.05, 3.63) is 51.1 Å². The average Bonchev–Trinajstić information content (AvgIpc) is 3.40. The van der Waals surface area contributed by atoms with Gasteiger partial charge in [0.15, 0.2) is 0 Å². The molecule has 0 radical (unpaired) electrons. The summed E-state index contributed by atoms with van der Waals surface area (Å²) in [4.78, 5) is 36.0. The minimum atomic E-state index is -0.538. The minimum Gasteiger partial charge on any atom is -0.272 e. The second-order valence-electron chi connectivity index (χ2n) is 7.35. The molecule has 5 aliphatic rings. The maximum Gasteiger partial charge on any atom is 0.270 e. The van der Waals surface area contributed by atoms with Crippen molar-refractivity contribution in [1.29, 1.82) is 0 Å². The van der Waals surface area contributed by atoms with Gasteiger partial charge >= 0.3 is 0 Å². The van der Waals surface area contributed by atoms with Crippen molar-refractivity contribution in [2.24, 2.45) is 40.6 Å². The molecule has 1 aromatic rings. The van der Waals surface area contributed by atoms with E-state index in [1.165, 1.54) is 24.4 Å². The Balaban J connectivity index is 1.45. The Kier molecular flexibility index (Phi) is 3.16. The highest BCUT2D eigenvalue weighted by Crippen LogP contribution is 2.65. The summed E-state index contributed by atoms with van der Waals surface area (Å²) in [6, 6.07) is 3.95. The molecule has 8 heteroatoms. The number of non-ortho nitro benzene ring substituents is 1. The highest BCUT2D eigenvalue weighted by atomic mass is 35.5. The van der Waals surface area contributed by atoms with Crippen LogP contribution in [0.25, 0.3) is 0 Å². The summed E-state index contributed by atoms with van der Waals surface area (Å²) in [5.41, 5.74) is 0.159. The second-order valence-corrected chi connectivity index (χ2v) is 7.76. The summed E-state index contributed by atoms with van der Waals surface area (Å²) < 4.78 is 0. The number of imide groups is 1. The summed E-state index contributed by atoms with van der Waals surface area (Å²) in [7, 11) is 0. The van der Waals surface area contributed by atoms with Gasteiger partial charge in [-0.05, 0) is 36.2 Å². The fraction of sp³-hybridized carbons (Fsp3) is 0.389. The molecule has 0 spiro atoms. The fourth-order valence-corrected chi connectivity index (χ4v) is 5.08. The monoisotopic (exact) mass is 371 g/mol. The maximum absolute atomic E-state index is 12.8. The van der Waals surface area contributed by atoms with Crippen LogP contribution in [-0.2, 0) is 9.59 Å². The largest absolute Gasteiger partial charge is 0.272 e. The predicted molar refractivity (Wildman–Crippen MR) is 92.3 cm³/mol. The molecule has 4 aliphatic carbocycles. The highest BCUT2D eigenvalue weighted by Gasteiger charge is 2.67. The predicted octanol–water partition coefficient (Wildman–Crippen LogP) is 2.64. The van der Waals surface area contributed by atoms with Crippen molar-refractivity contribution in [2.45, 2.75) is 6.42 Å². The quantitative estimate of drug-likeness (QED) is 0.268. The number of nitro benzene ring substituents is 1. The number of carbonyl (C=O) groups is 2. The van der Waals surface area contributed by atoms with Crippen molar-refractivity contribution in [1.82, 2.24) is 5.01 Å². The van der Waals surface area contributed by atoms with Gasteiger partial charge in [-0.2, -0.15) is 10.1 Å². The number of hydrogen-bond donors (Lipinski definition) is 0. The lowest BCUT2D eigenvalue weighted by molar-refractivity contribution is -0.384. The van der Waals surface area contributed by atoms with Gasteiger partial charge in [-0.3, -0.25) is 19.7 Å². The summed E-state index contributed by atoms with van der Waals surface area (Å²) in [6.45, 7) is 0. The van der Waals surface area contributed by atoms with Crippen LogP contribution in [-0.4, -0.2) is 28.0 Å². The Morgan fingerprint density at radius 1 is 1.15 bits per heavy atom. The van der Waals surface area contributed by atoms with E-state index in [4.69, 9.17) is 11.6 Å². The summed E-state index contributed by atoms with van der Waals surface area (Å²) in [5, 5.41) is 16.2. The van der Waals surface area contributed by atoms with Crippen LogP contribution >= 0.6 is 11.6 Å². The van der Waals surface area contributed by atoms with Crippen LogP contribution in [0.5, 0.6) is 0 Å². The first-order chi connectivity index (χ1) is 12.5. The lowest BCUT2D eigenvalue weighted by Gasteiger charge is -2.37. The molecule has 1 aliphatic heterocycles. The SMILES string of the molecule is O=C1[C@@H]2[C@H]3C=C[C@@H]([C@@H]4C[C@H]34)[C@@H]2C(=O)N1N=Cc1cc([N+](=O)[O-])ccc1Cl. The van der Waals surface area contributed by atoms with Crippen LogP contribution in [0.2, 0.25) is 5.02 Å². The first-order valence-corrected chi connectivity index (χ1v) is 8.89. The second kappa shape index (κ2) is 5.23. The van der Waals surface area contributed by atoms with E-state index in [2.05, 4.69) is 17.3 Å². The number of benzene rings is 1. The van der Waals surface area contributed by atoms with Crippen molar-refractivity contribution >= 4 is 35.3 Å². The number of allylic oxidation sites excluding steroid dienone is 2. The number of nitro groups is 1. The molecule has 2 amide bonds. The Bertz CT molecular complexity index is 891. The van der Waals surface area contributed by atoms with Gasteiger partial charge in [0, 0.05) is 22.7 Å². The van der Waals surface area contributed by atoms with Gasteiger partial charge in [0.05, 0.1) is 23.0 Å². The zero-order chi connectivity index (χ0) is 18.2. The van der Waals surface area contributed by atoms with E-state index in [9.17, 15) is 19.7 Å². The molecule has 132 valence electrons. The summed E-state index contributed by atoms with van der Waals surface area (Å²) in [5.74, 6) is 0.125. The van der Waals surface area contributed by atoms with E-state index in [-0.39, 0.29) is 46.2 Å². The number of nitrogens with zero attached hydrogens (tertiary/aromatic N) is 3. The summed E-state index contributed by atoms with van der Waals surface area (Å²) in [6.07, 6.45) is 6.53. The number of halogens is 1. The van der Waals surface area contributed by atoms with Gasteiger partial charge in [0.1, 0.15) is 0 Å². The van der Waals surface area contributed by atoms with Gasteiger partial charge in [-0.25, -0.2) is 0 Å². The molecule has 2 bridgehead atoms. The van der Waals surface area contributed by atoms with Crippen molar-refractivity contribution in [2.75, 3.05) is 0 Å². The van der Waals surface area contributed by atoms with E-state index in [0.717, 1.165) is 11.4 Å². The molecular formula is C18H14ClN3O4. The van der Waals surface area contributed by atoms with E-state index >= 15 is 0 Å². The molecule has 7 nitrogen and oxygen atoms in total. The molecule has 1 aromatic carbocycles. The smallest absolute Gasteiger partial charge is 0.270 e. The van der Waals surface area contributed by atoms with Crippen LogP contribution in [0.4, 0.5) is 5.69 Å². The molecule has 3 fully saturated rings. The van der Waals surface area contributed by atoms with Gasteiger partial charge in [0.25, 0.3) is 17.5 Å². The highest BCUT2D eigenvalue weighted by molar-refractivity contribution is 6.33. The maximum atomic E-state index is 12.8. The zero-order valence-electron chi connectivity index (χ0n) is 13.5. The van der Waals surface area contributed by atoms with Crippen LogP contribution in [0, 0.1) is 45.6 Å². The minimum absolute atomic E-state index is 0.132. The molecule has 6 rings (SSSR count). The van der Waals surface area contributed by atoms with Gasteiger partial charge < -0.3 is 0 Å². The number of amides is 2. The standard InChI is InChI=1S/C18H14ClN3O4/c19-14-4-1-9(22(25)26)5-8(14)7-20-21-17(23)15-10-2-3-11(13-6-12(10)13)16(15)18(21)24/h1-5,7,10-13,15-16H,6H2/t10-,11-,12-,13+,15-,16+/m0/s1. The van der Waals surface area contributed by atoms with Crippen molar-refractivity contribution in [3.8, 4) is 0 Å². The molecule has 6 atom stereocenters. The molecule has 0 aromatic heterocycles. The first kappa shape index (κ1) is 15.7. The first-order valence-electron chi connectivity index (χ1n) is 8.51. The van der Waals surface area contributed by atoms with Crippen LogP contribution in [0.3, 0.4) is 0 Å². The Hall–Kier alpha value is -2.54. The topological polar surface area (TPSA) is 92.9 Å². The Morgan fingerprint density at radius 2 is 1.77 bits per heavy atom. The Labute approximate surface area is 153 Å². The van der Waals surface area contributed by atoms with E-state index < -0.39 is 4.92 Å². The van der Waals surface area contributed by atoms with Crippen LogP contribution in [0.15, 0.2) is 35.5 Å². The number of rotatable bonds is 3. The van der Waals surface area contributed by atoms with Crippen LogP contribution < -0.4 is 0 Å². The third-order valence-corrected chi connectivity index (χ3v) is 6.49. The zero-order valence-corrected chi connectivity index (χ0v) is 14.2. The van der Waals surface area contributed by atoms with Crippen molar-refractivity contribution < 1.29 is 14.5 Å². The van der Waals surface area contributed by atoms with Crippen molar-refractivity contribution in [3.63, 3.8) is 0 Å². The lowest BCUT2D eigenvalue weighted by atomic mass is 9.63. The molecule has 0 N–H and O–H groups in total. The molecule has 0 unspecified atom stereocenters. The normalized spacial score (nSPS) is 36.6. The Morgan fingerprint density at radius 3 is 2.35 bits per heavy atom. The third kappa shape index (κ3) is 2.03. The van der Waals surface area contributed by atoms with E-state index in [1.54, 1.807) is 0 Å². The van der Waals surface area contributed by atoms with E-state index in [0.29, 0.717) is 17.4 Å². The van der Waals surface area contributed by atoms with Gasteiger partial charge in [0.2, 0.25) is 0 Å². The molecule has 1 heterocycles. The van der Waals surface area contributed by atoms with E-state index in [1.807, 2.05) is 0 Å². The lowest BCUT2D eigenvalue weighted by Crippen LogP contribution is -2.40. The van der Waals surface area contributed by atoms with Gasteiger partial charge in [-0.1, -0.05) is 23.8 Å². The average molecular weight is 372 g/mol. The number of carbonyl (C=O) groups excluding carboxylic acids is 2. The molecule has 1 saturated heterocycles.